The fourth-order valence-corrected chi connectivity index (χ4v) is 1.27. The zero-order valence-electron chi connectivity index (χ0n) is 8.34. The molecule has 0 aliphatic heterocycles. The minimum absolute atomic E-state index is 0.337. The Balaban J connectivity index is 3.60. The van der Waals surface area contributed by atoms with Gasteiger partial charge in [0.15, 0.2) is 0 Å². The van der Waals surface area contributed by atoms with Crippen molar-refractivity contribution in [2.45, 2.75) is 46.5 Å². The third kappa shape index (κ3) is 6.20. The molecule has 2 heteroatoms. The minimum atomic E-state index is -0.661. The van der Waals surface area contributed by atoms with Crippen LogP contribution in [-0.4, -0.2) is 11.1 Å². The summed E-state index contributed by atoms with van der Waals surface area (Å²) in [5.74, 6) is 0.406. The van der Waals surface area contributed by atoms with Crippen LogP contribution in [-0.2, 0) is 4.79 Å². The van der Waals surface area contributed by atoms with Gasteiger partial charge in [0.1, 0.15) is 0 Å². The first-order valence-corrected chi connectivity index (χ1v) is 4.78. The van der Waals surface area contributed by atoms with Gasteiger partial charge in [-0.3, -0.25) is 4.79 Å². The number of carbonyl (C=O) groups is 1. The van der Waals surface area contributed by atoms with Gasteiger partial charge >= 0.3 is 5.97 Å². The normalized spacial score (nSPS) is 13.3. The fraction of sp³-hybridized carbons (Fsp3) is 0.900. The Bertz CT molecular complexity index is 130. The number of hydrogen-bond donors (Lipinski definition) is 1. The van der Waals surface area contributed by atoms with Crippen LogP contribution in [0.25, 0.3) is 0 Å². The SMILES string of the molecule is CC[C@H](CCC(C)C)CC(=O)O. The molecule has 0 aromatic carbocycles. The summed E-state index contributed by atoms with van der Waals surface area (Å²) in [5, 5.41) is 8.58. The highest BCUT2D eigenvalue weighted by molar-refractivity contribution is 5.66. The number of carboxylic acids is 1. The maximum atomic E-state index is 10.4. The Morgan fingerprint density at radius 2 is 1.92 bits per heavy atom. The summed E-state index contributed by atoms with van der Waals surface area (Å²) in [4.78, 5) is 10.4. The Hall–Kier alpha value is -0.530. The molecule has 0 aliphatic carbocycles. The number of hydrogen-bond acceptors (Lipinski definition) is 1. The summed E-state index contributed by atoms with van der Waals surface area (Å²) in [6.45, 7) is 6.41. The van der Waals surface area contributed by atoms with Gasteiger partial charge in [-0.15, -0.1) is 0 Å². The largest absolute Gasteiger partial charge is 0.481 e. The van der Waals surface area contributed by atoms with Crippen LogP contribution in [0.1, 0.15) is 46.5 Å². The lowest BCUT2D eigenvalue weighted by Crippen LogP contribution is -2.07. The van der Waals surface area contributed by atoms with Crippen LogP contribution in [0.2, 0.25) is 0 Å². The van der Waals surface area contributed by atoms with Crippen LogP contribution in [0.15, 0.2) is 0 Å². The standard InChI is InChI=1S/C10H20O2/c1-4-9(7-10(11)12)6-5-8(2)3/h8-9H,4-7H2,1-3H3,(H,11,12)/t9-/m1/s1. The predicted octanol–water partition coefficient (Wildman–Crippen LogP) is 2.92. The highest BCUT2D eigenvalue weighted by Gasteiger charge is 2.11. The van der Waals surface area contributed by atoms with Crippen LogP contribution in [0.4, 0.5) is 0 Å². The molecule has 72 valence electrons. The van der Waals surface area contributed by atoms with Crippen molar-refractivity contribution in [3.63, 3.8) is 0 Å². The van der Waals surface area contributed by atoms with Gasteiger partial charge in [0.2, 0.25) is 0 Å². The Morgan fingerprint density at radius 3 is 2.25 bits per heavy atom. The van der Waals surface area contributed by atoms with E-state index in [0.717, 1.165) is 19.3 Å². The van der Waals surface area contributed by atoms with E-state index in [9.17, 15) is 4.79 Å². The summed E-state index contributed by atoms with van der Waals surface area (Å²) < 4.78 is 0. The van der Waals surface area contributed by atoms with Crippen molar-refractivity contribution in [1.82, 2.24) is 0 Å². The van der Waals surface area contributed by atoms with Gasteiger partial charge < -0.3 is 5.11 Å². The summed E-state index contributed by atoms with van der Waals surface area (Å²) in [6, 6.07) is 0. The molecule has 0 spiro atoms. The van der Waals surface area contributed by atoms with E-state index in [4.69, 9.17) is 5.11 Å². The predicted molar refractivity (Wildman–Crippen MR) is 50.1 cm³/mol. The van der Waals surface area contributed by atoms with Gasteiger partial charge in [0, 0.05) is 6.42 Å². The lowest BCUT2D eigenvalue weighted by Gasteiger charge is -2.13. The molecular formula is C10H20O2. The van der Waals surface area contributed by atoms with Crippen molar-refractivity contribution >= 4 is 5.97 Å². The van der Waals surface area contributed by atoms with Crippen molar-refractivity contribution < 1.29 is 9.90 Å². The van der Waals surface area contributed by atoms with E-state index in [0.29, 0.717) is 18.3 Å². The highest BCUT2D eigenvalue weighted by Crippen LogP contribution is 2.18. The number of aliphatic carboxylic acids is 1. The van der Waals surface area contributed by atoms with Gasteiger partial charge in [0.05, 0.1) is 0 Å². The van der Waals surface area contributed by atoms with Crippen molar-refractivity contribution in [3.8, 4) is 0 Å². The Morgan fingerprint density at radius 1 is 1.33 bits per heavy atom. The number of rotatable bonds is 6. The second-order valence-electron chi connectivity index (χ2n) is 3.84. The fourth-order valence-electron chi connectivity index (χ4n) is 1.27. The molecule has 2 nitrogen and oxygen atoms in total. The maximum absolute atomic E-state index is 10.4. The number of carboxylic acid groups (broad SMARTS) is 1. The summed E-state index contributed by atoms with van der Waals surface area (Å²) >= 11 is 0. The highest BCUT2D eigenvalue weighted by atomic mass is 16.4. The molecule has 0 aromatic heterocycles. The summed E-state index contributed by atoms with van der Waals surface area (Å²) in [6.07, 6.45) is 3.52. The lowest BCUT2D eigenvalue weighted by atomic mass is 9.93. The molecule has 1 N–H and O–H groups in total. The molecule has 0 fully saturated rings. The van der Waals surface area contributed by atoms with E-state index in [2.05, 4.69) is 20.8 Å². The molecule has 0 bridgehead atoms. The van der Waals surface area contributed by atoms with Crippen LogP contribution >= 0.6 is 0 Å². The molecule has 0 aromatic rings. The molecule has 0 aliphatic rings. The smallest absolute Gasteiger partial charge is 0.303 e. The molecule has 0 amide bonds. The molecule has 0 heterocycles. The van der Waals surface area contributed by atoms with Gasteiger partial charge in [-0.05, 0) is 18.3 Å². The Labute approximate surface area is 75.0 Å². The van der Waals surface area contributed by atoms with Crippen molar-refractivity contribution in [2.75, 3.05) is 0 Å². The molecule has 0 unspecified atom stereocenters. The van der Waals surface area contributed by atoms with Gasteiger partial charge in [-0.25, -0.2) is 0 Å². The molecule has 0 saturated heterocycles. The minimum Gasteiger partial charge on any atom is -0.481 e. The van der Waals surface area contributed by atoms with Gasteiger partial charge in [-0.1, -0.05) is 33.6 Å². The molecular weight excluding hydrogens is 152 g/mol. The third-order valence-electron chi connectivity index (χ3n) is 2.19. The van der Waals surface area contributed by atoms with Crippen LogP contribution in [0.3, 0.4) is 0 Å². The van der Waals surface area contributed by atoms with Crippen LogP contribution < -0.4 is 0 Å². The lowest BCUT2D eigenvalue weighted by molar-refractivity contribution is -0.138. The molecule has 0 rings (SSSR count). The quantitative estimate of drug-likeness (QED) is 0.668. The molecule has 12 heavy (non-hydrogen) atoms. The molecule has 0 saturated carbocycles. The first kappa shape index (κ1) is 11.5. The first-order valence-electron chi connectivity index (χ1n) is 4.78. The summed E-state index contributed by atoms with van der Waals surface area (Å²) in [5.41, 5.74) is 0. The third-order valence-corrected chi connectivity index (χ3v) is 2.19. The zero-order chi connectivity index (χ0) is 9.56. The van der Waals surface area contributed by atoms with E-state index >= 15 is 0 Å². The van der Waals surface area contributed by atoms with Crippen molar-refractivity contribution in [2.24, 2.45) is 11.8 Å². The van der Waals surface area contributed by atoms with Gasteiger partial charge in [-0.2, -0.15) is 0 Å². The van der Waals surface area contributed by atoms with E-state index in [1.165, 1.54) is 0 Å². The van der Waals surface area contributed by atoms with E-state index in [-0.39, 0.29) is 0 Å². The second-order valence-corrected chi connectivity index (χ2v) is 3.84. The van der Waals surface area contributed by atoms with E-state index in [1.54, 1.807) is 0 Å². The van der Waals surface area contributed by atoms with Crippen molar-refractivity contribution in [1.29, 1.82) is 0 Å². The van der Waals surface area contributed by atoms with Gasteiger partial charge in [0.25, 0.3) is 0 Å². The summed E-state index contributed by atoms with van der Waals surface area (Å²) in [7, 11) is 0. The first-order chi connectivity index (χ1) is 5.56. The van der Waals surface area contributed by atoms with E-state index in [1.807, 2.05) is 0 Å². The van der Waals surface area contributed by atoms with E-state index < -0.39 is 5.97 Å². The topological polar surface area (TPSA) is 37.3 Å². The second kappa shape index (κ2) is 6.04. The van der Waals surface area contributed by atoms with Crippen LogP contribution in [0, 0.1) is 11.8 Å². The molecule has 1 atom stereocenters. The average molecular weight is 172 g/mol. The van der Waals surface area contributed by atoms with Crippen LogP contribution in [0.5, 0.6) is 0 Å². The monoisotopic (exact) mass is 172 g/mol. The molecule has 0 radical (unpaired) electrons. The average Bonchev–Trinajstić information content (AvgIpc) is 1.97. The van der Waals surface area contributed by atoms with Crippen molar-refractivity contribution in [3.05, 3.63) is 0 Å². The maximum Gasteiger partial charge on any atom is 0.303 e. The zero-order valence-corrected chi connectivity index (χ0v) is 8.34. The Kier molecular flexibility index (Phi) is 5.77.